The van der Waals surface area contributed by atoms with Gasteiger partial charge in [-0.15, -0.1) is 10.2 Å². The number of nitrogens with zero attached hydrogens (tertiary/aromatic N) is 4. The fourth-order valence-corrected chi connectivity index (χ4v) is 7.76. The average Bonchev–Trinajstić information content (AvgIpc) is 3.36. The molecule has 1 atom stereocenters. The molecule has 1 saturated carbocycles. The van der Waals surface area contributed by atoms with Gasteiger partial charge in [-0.25, -0.2) is 8.42 Å². The highest BCUT2D eigenvalue weighted by Gasteiger charge is 2.38. The van der Waals surface area contributed by atoms with Crippen molar-refractivity contribution in [3.63, 3.8) is 0 Å². The Morgan fingerprint density at radius 2 is 1.91 bits per heavy atom. The van der Waals surface area contributed by atoms with Gasteiger partial charge < -0.3 is 4.90 Å². The lowest BCUT2D eigenvalue weighted by Gasteiger charge is -2.38. The standard InChI is InChI=1S/C23H28N4O3S2/c1-16-13-21-24-25-23(27(21)20-10-6-5-9-19(16)20)31-14-22(28)26(17-7-3-2-4-8-17)18-11-12-32(29,30)15-18/h5-6,9-10,13,17-18H,2-4,7-8,11-12,14-15H2,1H3/t18-/m0/s1. The lowest BCUT2D eigenvalue weighted by atomic mass is 9.93. The molecule has 3 aromatic rings. The van der Waals surface area contributed by atoms with Crippen LogP contribution in [0.1, 0.15) is 44.1 Å². The fourth-order valence-electron chi connectivity index (χ4n) is 5.23. The number of benzene rings is 1. The molecular weight excluding hydrogens is 444 g/mol. The second kappa shape index (κ2) is 8.67. The van der Waals surface area contributed by atoms with Gasteiger partial charge in [-0.2, -0.15) is 0 Å². The lowest BCUT2D eigenvalue weighted by molar-refractivity contribution is -0.133. The van der Waals surface area contributed by atoms with E-state index >= 15 is 0 Å². The summed E-state index contributed by atoms with van der Waals surface area (Å²) in [6.07, 6.45) is 5.86. The van der Waals surface area contributed by atoms with E-state index in [-0.39, 0.29) is 35.2 Å². The molecule has 1 aliphatic carbocycles. The first kappa shape index (κ1) is 21.7. The SMILES string of the molecule is Cc1cc2nnc(SCC(=O)N(C3CCCCC3)[C@H]3CCS(=O)(=O)C3)n2c2ccccc12. The summed E-state index contributed by atoms with van der Waals surface area (Å²) in [4.78, 5) is 15.4. The molecule has 0 radical (unpaired) electrons. The van der Waals surface area contributed by atoms with Crippen molar-refractivity contribution < 1.29 is 13.2 Å². The topological polar surface area (TPSA) is 84.6 Å². The van der Waals surface area contributed by atoms with E-state index in [9.17, 15) is 13.2 Å². The third-order valence-corrected chi connectivity index (χ3v) is 9.42. The number of hydrogen-bond acceptors (Lipinski definition) is 6. The maximum atomic E-state index is 13.4. The van der Waals surface area contributed by atoms with Crippen molar-refractivity contribution in [3.8, 4) is 0 Å². The molecule has 1 saturated heterocycles. The highest BCUT2D eigenvalue weighted by atomic mass is 32.2. The minimum absolute atomic E-state index is 0.0113. The Morgan fingerprint density at radius 1 is 1.12 bits per heavy atom. The van der Waals surface area contributed by atoms with Gasteiger partial charge in [0.05, 0.1) is 22.8 Å². The molecule has 1 aliphatic heterocycles. The molecule has 9 heteroatoms. The largest absolute Gasteiger partial charge is 0.335 e. The summed E-state index contributed by atoms with van der Waals surface area (Å²) >= 11 is 1.39. The Hall–Kier alpha value is -2.13. The molecule has 1 amide bonds. The van der Waals surface area contributed by atoms with Crippen LogP contribution in [-0.4, -0.2) is 63.2 Å². The number of pyridine rings is 1. The van der Waals surface area contributed by atoms with E-state index in [1.165, 1.54) is 18.2 Å². The zero-order chi connectivity index (χ0) is 22.3. The molecular formula is C23H28N4O3S2. The van der Waals surface area contributed by atoms with E-state index in [1.807, 2.05) is 33.6 Å². The molecule has 7 nitrogen and oxygen atoms in total. The van der Waals surface area contributed by atoms with E-state index < -0.39 is 9.84 Å². The molecule has 3 heterocycles. The minimum atomic E-state index is -3.06. The number of amides is 1. The molecule has 170 valence electrons. The third kappa shape index (κ3) is 4.12. The smallest absolute Gasteiger partial charge is 0.233 e. The van der Waals surface area contributed by atoms with Crippen molar-refractivity contribution in [1.82, 2.24) is 19.5 Å². The molecule has 0 unspecified atom stereocenters. The number of aromatic nitrogens is 3. The summed E-state index contributed by atoms with van der Waals surface area (Å²) in [5.41, 5.74) is 2.93. The van der Waals surface area contributed by atoms with Crippen molar-refractivity contribution in [2.45, 2.75) is 62.7 Å². The van der Waals surface area contributed by atoms with E-state index in [2.05, 4.69) is 23.2 Å². The minimum Gasteiger partial charge on any atom is -0.335 e. The zero-order valence-electron chi connectivity index (χ0n) is 18.2. The first-order valence-electron chi connectivity index (χ1n) is 11.3. The lowest BCUT2D eigenvalue weighted by Crippen LogP contribution is -2.49. The second-order valence-electron chi connectivity index (χ2n) is 8.96. The number of thioether (sulfide) groups is 1. The number of sulfone groups is 1. The molecule has 32 heavy (non-hydrogen) atoms. The van der Waals surface area contributed by atoms with Crippen molar-refractivity contribution in [3.05, 3.63) is 35.9 Å². The number of hydrogen-bond donors (Lipinski definition) is 0. The Balaban J connectivity index is 1.41. The molecule has 0 N–H and O–H groups in total. The van der Waals surface area contributed by atoms with Gasteiger partial charge in [0.25, 0.3) is 0 Å². The quantitative estimate of drug-likeness (QED) is 0.527. The van der Waals surface area contributed by atoms with Gasteiger partial charge in [0.1, 0.15) is 0 Å². The summed E-state index contributed by atoms with van der Waals surface area (Å²) in [5, 5.41) is 10.5. The van der Waals surface area contributed by atoms with Crippen LogP contribution in [0.5, 0.6) is 0 Å². The molecule has 2 fully saturated rings. The van der Waals surface area contributed by atoms with Gasteiger partial charge in [0, 0.05) is 17.5 Å². The summed E-state index contributed by atoms with van der Waals surface area (Å²) in [6, 6.07) is 10.1. The predicted molar refractivity (Wildman–Crippen MR) is 127 cm³/mol. The molecule has 5 rings (SSSR count). The Kier molecular flexibility index (Phi) is 5.88. The average molecular weight is 473 g/mol. The van der Waals surface area contributed by atoms with Gasteiger partial charge in [0.15, 0.2) is 20.6 Å². The summed E-state index contributed by atoms with van der Waals surface area (Å²) < 4.78 is 26.3. The van der Waals surface area contributed by atoms with Crippen molar-refractivity contribution in [2.75, 3.05) is 17.3 Å². The van der Waals surface area contributed by atoms with Gasteiger partial charge in [-0.1, -0.05) is 49.2 Å². The van der Waals surface area contributed by atoms with Crippen molar-refractivity contribution in [2.24, 2.45) is 0 Å². The van der Waals surface area contributed by atoms with E-state index in [0.717, 1.165) is 47.8 Å². The van der Waals surface area contributed by atoms with Crippen LogP contribution in [0.2, 0.25) is 0 Å². The Morgan fingerprint density at radius 3 is 2.66 bits per heavy atom. The monoisotopic (exact) mass is 472 g/mol. The van der Waals surface area contributed by atoms with Gasteiger partial charge in [-0.3, -0.25) is 9.20 Å². The molecule has 2 aromatic heterocycles. The van der Waals surface area contributed by atoms with E-state index in [1.54, 1.807) is 0 Å². The summed E-state index contributed by atoms with van der Waals surface area (Å²) in [7, 11) is -3.06. The van der Waals surface area contributed by atoms with Gasteiger partial charge in [0.2, 0.25) is 5.91 Å². The zero-order valence-corrected chi connectivity index (χ0v) is 19.9. The van der Waals surface area contributed by atoms with Crippen LogP contribution < -0.4 is 0 Å². The van der Waals surface area contributed by atoms with Gasteiger partial charge in [-0.05, 0) is 43.9 Å². The van der Waals surface area contributed by atoms with Crippen molar-refractivity contribution >= 4 is 44.1 Å². The van der Waals surface area contributed by atoms with Crippen LogP contribution >= 0.6 is 11.8 Å². The number of carbonyl (C=O) groups is 1. The number of rotatable bonds is 5. The highest BCUT2D eigenvalue weighted by Crippen LogP contribution is 2.30. The third-order valence-electron chi connectivity index (χ3n) is 6.76. The number of para-hydroxylation sites is 1. The molecule has 2 aliphatic rings. The second-order valence-corrected chi connectivity index (χ2v) is 12.1. The highest BCUT2D eigenvalue weighted by molar-refractivity contribution is 7.99. The number of carbonyl (C=O) groups excluding carboxylic acids is 1. The van der Waals surface area contributed by atoms with Crippen LogP contribution in [0.3, 0.4) is 0 Å². The Labute approximate surface area is 192 Å². The maximum absolute atomic E-state index is 13.4. The van der Waals surface area contributed by atoms with Gasteiger partial charge >= 0.3 is 0 Å². The normalized spacial score (nSPS) is 21.3. The fraction of sp³-hybridized carbons (Fsp3) is 0.522. The first-order valence-corrected chi connectivity index (χ1v) is 14.1. The van der Waals surface area contributed by atoms with E-state index in [4.69, 9.17) is 0 Å². The molecule has 0 spiro atoms. The van der Waals surface area contributed by atoms with Crippen molar-refractivity contribution in [1.29, 1.82) is 0 Å². The Bertz CT molecular complexity index is 1260. The molecule has 0 bridgehead atoms. The maximum Gasteiger partial charge on any atom is 0.233 e. The van der Waals surface area contributed by atoms with Crippen LogP contribution in [0, 0.1) is 6.92 Å². The van der Waals surface area contributed by atoms with Crippen LogP contribution in [0.15, 0.2) is 35.5 Å². The summed E-state index contributed by atoms with van der Waals surface area (Å²) in [5.74, 6) is 0.520. The number of aryl methyl sites for hydroxylation is 1. The molecule has 1 aromatic carbocycles. The van der Waals surface area contributed by atoms with Crippen LogP contribution in [-0.2, 0) is 14.6 Å². The number of fused-ring (bicyclic) bond motifs is 3. The predicted octanol–water partition coefficient (Wildman–Crippen LogP) is 3.63. The first-order chi connectivity index (χ1) is 15.4. The van der Waals surface area contributed by atoms with E-state index in [0.29, 0.717) is 11.6 Å². The van der Waals surface area contributed by atoms with Crippen LogP contribution in [0.25, 0.3) is 16.6 Å². The summed E-state index contributed by atoms with van der Waals surface area (Å²) in [6.45, 7) is 2.06. The van der Waals surface area contributed by atoms with Crippen LogP contribution in [0.4, 0.5) is 0 Å².